The van der Waals surface area contributed by atoms with Gasteiger partial charge in [0.25, 0.3) is 0 Å². The molecular formula is C13H26F3N. The average Bonchev–Trinajstić information content (AvgIpc) is 2.27. The summed E-state index contributed by atoms with van der Waals surface area (Å²) >= 11 is 0. The van der Waals surface area contributed by atoms with Crippen molar-refractivity contribution < 1.29 is 13.2 Å². The minimum Gasteiger partial charge on any atom is -0.314 e. The van der Waals surface area contributed by atoms with Crippen LogP contribution in [0.5, 0.6) is 0 Å². The molecule has 1 unspecified atom stereocenters. The number of nitrogens with one attached hydrogen (secondary N) is 1. The molecule has 0 aromatic carbocycles. The summed E-state index contributed by atoms with van der Waals surface area (Å²) in [5.41, 5.74) is 0. The predicted octanol–water partition coefficient (Wildman–Crippen LogP) is 4.52. The highest BCUT2D eigenvalue weighted by Gasteiger charge is 2.28. The lowest BCUT2D eigenvalue weighted by Crippen LogP contribution is -2.33. The van der Waals surface area contributed by atoms with E-state index in [-0.39, 0.29) is 12.5 Å². The van der Waals surface area contributed by atoms with Crippen LogP contribution in [0, 0.1) is 5.92 Å². The van der Waals surface area contributed by atoms with Crippen LogP contribution >= 0.6 is 0 Å². The van der Waals surface area contributed by atoms with Crippen molar-refractivity contribution in [1.29, 1.82) is 0 Å². The maximum atomic E-state index is 12.2. The molecule has 1 N–H and O–H groups in total. The molecule has 0 aliphatic heterocycles. The van der Waals surface area contributed by atoms with Gasteiger partial charge in [0.05, 0.1) is 0 Å². The molecule has 0 heterocycles. The van der Waals surface area contributed by atoms with Crippen LogP contribution < -0.4 is 5.32 Å². The van der Waals surface area contributed by atoms with E-state index < -0.39 is 12.6 Å². The Hall–Kier alpha value is -0.250. The Labute approximate surface area is 103 Å². The highest BCUT2D eigenvalue weighted by Crippen LogP contribution is 2.25. The van der Waals surface area contributed by atoms with Gasteiger partial charge >= 0.3 is 6.18 Å². The first kappa shape index (κ1) is 16.8. The summed E-state index contributed by atoms with van der Waals surface area (Å²) in [6.45, 7) is 7.05. The first-order valence-corrected chi connectivity index (χ1v) is 6.73. The summed E-state index contributed by atoms with van der Waals surface area (Å²) in [5.74, 6) is 0.539. The van der Waals surface area contributed by atoms with Gasteiger partial charge in [0.2, 0.25) is 0 Å². The number of halogens is 3. The second-order valence-electron chi connectivity index (χ2n) is 4.72. The van der Waals surface area contributed by atoms with Gasteiger partial charge in [-0.3, -0.25) is 0 Å². The Morgan fingerprint density at radius 3 is 2.06 bits per heavy atom. The highest BCUT2D eigenvalue weighted by molar-refractivity contribution is 4.72. The van der Waals surface area contributed by atoms with Gasteiger partial charge in [-0.05, 0) is 31.7 Å². The molecule has 17 heavy (non-hydrogen) atoms. The van der Waals surface area contributed by atoms with E-state index in [9.17, 15) is 13.2 Å². The summed E-state index contributed by atoms with van der Waals surface area (Å²) < 4.78 is 36.6. The summed E-state index contributed by atoms with van der Waals surface area (Å²) in [6.07, 6.45) is -0.567. The van der Waals surface area contributed by atoms with Crippen molar-refractivity contribution in [2.75, 3.05) is 6.54 Å². The highest BCUT2D eigenvalue weighted by atomic mass is 19.4. The molecule has 1 nitrogen and oxygen atoms in total. The van der Waals surface area contributed by atoms with Gasteiger partial charge in [-0.15, -0.1) is 0 Å². The van der Waals surface area contributed by atoms with Gasteiger partial charge in [-0.1, -0.05) is 33.6 Å². The van der Waals surface area contributed by atoms with Crippen molar-refractivity contribution in [3.05, 3.63) is 0 Å². The molecule has 0 aromatic rings. The predicted molar refractivity (Wildman–Crippen MR) is 66.1 cm³/mol. The Bertz CT molecular complexity index is 176. The van der Waals surface area contributed by atoms with Crippen molar-refractivity contribution >= 4 is 0 Å². The summed E-state index contributed by atoms with van der Waals surface area (Å²) in [5, 5.41) is 3.24. The zero-order valence-electron chi connectivity index (χ0n) is 11.2. The Morgan fingerprint density at radius 2 is 1.65 bits per heavy atom. The number of hydrogen-bond acceptors (Lipinski definition) is 1. The first-order valence-electron chi connectivity index (χ1n) is 6.73. The number of alkyl halides is 3. The van der Waals surface area contributed by atoms with E-state index in [0.717, 1.165) is 32.2 Å². The quantitative estimate of drug-likeness (QED) is 0.637. The Morgan fingerprint density at radius 1 is 1.06 bits per heavy atom. The lowest BCUT2D eigenvalue weighted by molar-refractivity contribution is -0.136. The van der Waals surface area contributed by atoms with Crippen LogP contribution in [-0.2, 0) is 0 Å². The standard InChI is InChI=1S/C13H26F3N/c1-4-9-17-12(7-8-13(14,15)16)10-11(5-2)6-3/h11-12,17H,4-10H2,1-3H3. The molecule has 0 aliphatic carbocycles. The summed E-state index contributed by atoms with van der Waals surface area (Å²) in [6, 6.07) is 0.0153. The van der Waals surface area contributed by atoms with E-state index in [0.29, 0.717) is 5.92 Å². The van der Waals surface area contributed by atoms with Crippen LogP contribution in [0.25, 0.3) is 0 Å². The largest absolute Gasteiger partial charge is 0.389 e. The Balaban J connectivity index is 4.12. The molecule has 0 radical (unpaired) electrons. The minimum atomic E-state index is -4.03. The third kappa shape index (κ3) is 9.45. The van der Waals surface area contributed by atoms with Crippen LogP contribution in [-0.4, -0.2) is 18.8 Å². The maximum absolute atomic E-state index is 12.2. The number of hydrogen-bond donors (Lipinski definition) is 1. The fourth-order valence-corrected chi connectivity index (χ4v) is 2.01. The lowest BCUT2D eigenvalue weighted by Gasteiger charge is -2.23. The monoisotopic (exact) mass is 253 g/mol. The van der Waals surface area contributed by atoms with E-state index in [2.05, 4.69) is 19.2 Å². The van der Waals surface area contributed by atoms with E-state index in [1.165, 1.54) is 0 Å². The molecule has 104 valence electrons. The fourth-order valence-electron chi connectivity index (χ4n) is 2.01. The summed E-state index contributed by atoms with van der Waals surface area (Å²) in [4.78, 5) is 0. The van der Waals surface area contributed by atoms with Gasteiger partial charge < -0.3 is 5.32 Å². The third-order valence-electron chi connectivity index (χ3n) is 3.23. The zero-order valence-corrected chi connectivity index (χ0v) is 11.2. The minimum absolute atomic E-state index is 0.0153. The van der Waals surface area contributed by atoms with Crippen molar-refractivity contribution in [3.8, 4) is 0 Å². The molecule has 0 saturated carbocycles. The molecule has 0 spiro atoms. The fraction of sp³-hybridized carbons (Fsp3) is 1.00. The zero-order chi connectivity index (χ0) is 13.3. The lowest BCUT2D eigenvalue weighted by atomic mass is 9.92. The van der Waals surface area contributed by atoms with Gasteiger partial charge in [-0.2, -0.15) is 13.2 Å². The molecule has 4 heteroatoms. The molecule has 0 aromatic heterocycles. The normalized spacial score (nSPS) is 14.3. The van der Waals surface area contributed by atoms with Crippen molar-refractivity contribution in [2.45, 2.75) is 71.5 Å². The van der Waals surface area contributed by atoms with Crippen LogP contribution in [0.1, 0.15) is 59.3 Å². The second kappa shape index (κ2) is 8.78. The van der Waals surface area contributed by atoms with Gasteiger partial charge in [0.15, 0.2) is 0 Å². The molecular weight excluding hydrogens is 227 g/mol. The number of rotatable bonds is 9. The average molecular weight is 253 g/mol. The van der Waals surface area contributed by atoms with E-state index in [1.54, 1.807) is 0 Å². The third-order valence-corrected chi connectivity index (χ3v) is 3.23. The van der Waals surface area contributed by atoms with E-state index >= 15 is 0 Å². The van der Waals surface area contributed by atoms with Gasteiger partial charge in [-0.25, -0.2) is 0 Å². The van der Waals surface area contributed by atoms with Crippen LogP contribution in [0.4, 0.5) is 13.2 Å². The molecule has 0 rings (SSSR count). The van der Waals surface area contributed by atoms with Crippen LogP contribution in [0.2, 0.25) is 0 Å². The van der Waals surface area contributed by atoms with Crippen molar-refractivity contribution in [1.82, 2.24) is 5.32 Å². The van der Waals surface area contributed by atoms with E-state index in [4.69, 9.17) is 0 Å². The molecule has 1 atom stereocenters. The molecule has 0 fully saturated rings. The van der Waals surface area contributed by atoms with Crippen LogP contribution in [0.3, 0.4) is 0 Å². The second-order valence-corrected chi connectivity index (χ2v) is 4.72. The Kier molecular flexibility index (Phi) is 8.66. The van der Waals surface area contributed by atoms with Crippen molar-refractivity contribution in [2.24, 2.45) is 5.92 Å². The SMILES string of the molecule is CCCNC(CCC(F)(F)F)CC(CC)CC. The van der Waals surface area contributed by atoms with Gasteiger partial charge in [0.1, 0.15) is 0 Å². The molecule has 0 saturated heterocycles. The first-order chi connectivity index (χ1) is 7.92. The van der Waals surface area contributed by atoms with Gasteiger partial charge in [0, 0.05) is 12.5 Å². The van der Waals surface area contributed by atoms with Crippen molar-refractivity contribution in [3.63, 3.8) is 0 Å². The topological polar surface area (TPSA) is 12.0 Å². The van der Waals surface area contributed by atoms with E-state index in [1.807, 2.05) is 6.92 Å². The molecule has 0 aliphatic rings. The molecule has 0 amide bonds. The maximum Gasteiger partial charge on any atom is 0.389 e. The summed E-state index contributed by atoms with van der Waals surface area (Å²) in [7, 11) is 0. The molecule has 0 bridgehead atoms. The van der Waals surface area contributed by atoms with Crippen LogP contribution in [0.15, 0.2) is 0 Å². The smallest absolute Gasteiger partial charge is 0.314 e.